The molecule has 1 atom stereocenters. The number of carbonyl (C=O) groups is 1. The first-order valence-corrected chi connectivity index (χ1v) is 7.48. The summed E-state index contributed by atoms with van der Waals surface area (Å²) < 4.78 is 15.3. The van der Waals surface area contributed by atoms with Gasteiger partial charge in [0.05, 0.1) is 17.5 Å². The fourth-order valence-corrected chi connectivity index (χ4v) is 2.74. The molecule has 7 heteroatoms. The van der Waals surface area contributed by atoms with Crippen LogP contribution in [0.4, 0.5) is 4.39 Å². The lowest BCUT2D eigenvalue weighted by molar-refractivity contribution is 0.0930. The normalized spacial score (nSPS) is 17.4. The van der Waals surface area contributed by atoms with E-state index >= 15 is 0 Å². The molecule has 1 fully saturated rings. The van der Waals surface area contributed by atoms with Gasteiger partial charge in [-0.15, -0.1) is 12.4 Å². The molecule has 5 nitrogen and oxygen atoms in total. The molecule has 1 saturated heterocycles. The highest BCUT2D eigenvalue weighted by molar-refractivity contribution is 5.95. The van der Waals surface area contributed by atoms with Gasteiger partial charge in [0.25, 0.3) is 5.91 Å². The van der Waals surface area contributed by atoms with Gasteiger partial charge in [0.15, 0.2) is 0 Å². The lowest BCUT2D eigenvalue weighted by Crippen LogP contribution is -2.45. The molecule has 2 N–H and O–H groups in total. The summed E-state index contributed by atoms with van der Waals surface area (Å²) in [4.78, 5) is 12.4. The van der Waals surface area contributed by atoms with Gasteiger partial charge in [-0.25, -0.2) is 9.07 Å². The largest absolute Gasteiger partial charge is 0.348 e. The molecule has 1 aromatic heterocycles. The maximum Gasteiger partial charge on any atom is 0.255 e. The molecule has 0 spiro atoms. The van der Waals surface area contributed by atoms with E-state index in [-0.39, 0.29) is 30.2 Å². The summed E-state index contributed by atoms with van der Waals surface area (Å²) >= 11 is 0. The molecule has 1 amide bonds. The summed E-state index contributed by atoms with van der Waals surface area (Å²) in [5, 5.41) is 10.4. The third-order valence-electron chi connectivity index (χ3n) is 3.97. The molecule has 0 radical (unpaired) electrons. The number of nitrogens with zero attached hydrogens (tertiary/aromatic N) is 2. The van der Waals surface area contributed by atoms with Crippen molar-refractivity contribution < 1.29 is 9.18 Å². The van der Waals surface area contributed by atoms with Crippen LogP contribution in [0.2, 0.25) is 0 Å². The predicted molar refractivity (Wildman–Crippen MR) is 88.9 cm³/mol. The fourth-order valence-electron chi connectivity index (χ4n) is 2.74. The second kappa shape index (κ2) is 7.57. The second-order valence-electron chi connectivity index (χ2n) is 5.52. The van der Waals surface area contributed by atoms with E-state index in [0.717, 1.165) is 25.9 Å². The number of halogens is 2. The standard InChI is InChI=1S/C16H19FN4O.ClH/c1-11-13(16(22)20-12-5-4-8-18-9-12)10-19-21(11)15-7-3-2-6-14(15)17;/h2-3,6-7,10,12,18H,4-5,8-9H2,1H3,(H,20,22);1H/t12-;/m0./s1. The van der Waals surface area contributed by atoms with E-state index in [1.807, 2.05) is 0 Å². The third kappa shape index (κ3) is 3.71. The van der Waals surface area contributed by atoms with Crippen LogP contribution in [0.15, 0.2) is 30.5 Å². The van der Waals surface area contributed by atoms with Crippen LogP contribution >= 0.6 is 12.4 Å². The Bertz CT molecular complexity index is 682. The van der Waals surface area contributed by atoms with Gasteiger partial charge in [0.1, 0.15) is 11.5 Å². The van der Waals surface area contributed by atoms with E-state index in [4.69, 9.17) is 0 Å². The lowest BCUT2D eigenvalue weighted by atomic mass is 10.1. The topological polar surface area (TPSA) is 59.0 Å². The highest BCUT2D eigenvalue weighted by Gasteiger charge is 2.20. The Morgan fingerprint density at radius 1 is 1.43 bits per heavy atom. The van der Waals surface area contributed by atoms with Crippen LogP contribution in [0.25, 0.3) is 5.69 Å². The molecule has 2 heterocycles. The summed E-state index contributed by atoms with van der Waals surface area (Å²) in [6, 6.07) is 6.53. The lowest BCUT2D eigenvalue weighted by Gasteiger charge is -2.23. The van der Waals surface area contributed by atoms with Crippen molar-refractivity contribution >= 4 is 18.3 Å². The quantitative estimate of drug-likeness (QED) is 0.902. The second-order valence-corrected chi connectivity index (χ2v) is 5.52. The Kier molecular flexibility index (Phi) is 5.74. The van der Waals surface area contributed by atoms with E-state index < -0.39 is 0 Å². The van der Waals surface area contributed by atoms with Crippen LogP contribution in [-0.2, 0) is 0 Å². The van der Waals surface area contributed by atoms with Gasteiger partial charge >= 0.3 is 0 Å². The molecule has 23 heavy (non-hydrogen) atoms. The number of nitrogens with one attached hydrogen (secondary N) is 2. The number of carbonyl (C=O) groups excluding carboxylic acids is 1. The third-order valence-corrected chi connectivity index (χ3v) is 3.97. The highest BCUT2D eigenvalue weighted by Crippen LogP contribution is 2.17. The van der Waals surface area contributed by atoms with Crippen molar-refractivity contribution in [1.29, 1.82) is 0 Å². The molecule has 1 aliphatic rings. The Hall–Kier alpha value is -1.92. The minimum atomic E-state index is -0.364. The van der Waals surface area contributed by atoms with Gasteiger partial charge < -0.3 is 10.6 Å². The van der Waals surface area contributed by atoms with Gasteiger partial charge in [-0.2, -0.15) is 5.10 Å². The van der Waals surface area contributed by atoms with Crippen molar-refractivity contribution in [3.63, 3.8) is 0 Å². The highest BCUT2D eigenvalue weighted by atomic mass is 35.5. The van der Waals surface area contributed by atoms with E-state index in [1.165, 1.54) is 16.9 Å². The van der Waals surface area contributed by atoms with Crippen molar-refractivity contribution in [3.8, 4) is 5.69 Å². The monoisotopic (exact) mass is 338 g/mol. The van der Waals surface area contributed by atoms with Crippen molar-refractivity contribution in [2.45, 2.75) is 25.8 Å². The van der Waals surface area contributed by atoms with Crippen LogP contribution in [0.1, 0.15) is 28.9 Å². The average molecular weight is 339 g/mol. The molecule has 2 aromatic rings. The van der Waals surface area contributed by atoms with Crippen molar-refractivity contribution in [2.24, 2.45) is 0 Å². The van der Waals surface area contributed by atoms with Crippen molar-refractivity contribution in [1.82, 2.24) is 20.4 Å². The fraction of sp³-hybridized carbons (Fsp3) is 0.375. The zero-order valence-corrected chi connectivity index (χ0v) is 13.7. The summed E-state index contributed by atoms with van der Waals surface area (Å²) in [7, 11) is 0. The molecule has 0 saturated carbocycles. The van der Waals surface area contributed by atoms with Crippen LogP contribution in [0.5, 0.6) is 0 Å². The molecule has 1 aromatic carbocycles. The number of rotatable bonds is 3. The number of para-hydroxylation sites is 1. The number of aromatic nitrogens is 2. The molecule has 0 unspecified atom stereocenters. The first kappa shape index (κ1) is 17.4. The Labute approximate surface area is 140 Å². The molecular formula is C16H20ClFN4O. The van der Waals surface area contributed by atoms with Crippen LogP contribution in [0.3, 0.4) is 0 Å². The Morgan fingerprint density at radius 3 is 2.91 bits per heavy atom. The minimum absolute atomic E-state index is 0. The summed E-state index contributed by atoms with van der Waals surface area (Å²) in [6.45, 7) is 3.55. The predicted octanol–water partition coefficient (Wildman–Crippen LogP) is 2.22. The minimum Gasteiger partial charge on any atom is -0.348 e. The van der Waals surface area contributed by atoms with E-state index in [9.17, 15) is 9.18 Å². The average Bonchev–Trinajstić information content (AvgIpc) is 2.90. The van der Waals surface area contributed by atoms with Gasteiger partial charge in [-0.1, -0.05) is 12.1 Å². The van der Waals surface area contributed by atoms with E-state index in [2.05, 4.69) is 15.7 Å². The van der Waals surface area contributed by atoms with Crippen molar-refractivity contribution in [2.75, 3.05) is 13.1 Å². The summed E-state index contributed by atoms with van der Waals surface area (Å²) in [5.74, 6) is -0.522. The summed E-state index contributed by atoms with van der Waals surface area (Å²) in [6.07, 6.45) is 3.52. The van der Waals surface area contributed by atoms with Gasteiger partial charge in [-0.3, -0.25) is 4.79 Å². The van der Waals surface area contributed by atoms with Gasteiger partial charge in [0, 0.05) is 12.6 Å². The number of hydrogen-bond acceptors (Lipinski definition) is 3. The first-order valence-electron chi connectivity index (χ1n) is 7.48. The Balaban J connectivity index is 0.00000192. The number of benzene rings is 1. The molecular weight excluding hydrogens is 319 g/mol. The van der Waals surface area contributed by atoms with E-state index in [0.29, 0.717) is 16.9 Å². The number of amides is 1. The maximum atomic E-state index is 13.9. The first-order chi connectivity index (χ1) is 10.7. The molecule has 1 aliphatic heterocycles. The van der Waals surface area contributed by atoms with Crippen LogP contribution in [0, 0.1) is 12.7 Å². The SMILES string of the molecule is Cc1c(C(=O)N[C@H]2CCCNC2)cnn1-c1ccccc1F.Cl. The molecule has 0 bridgehead atoms. The van der Waals surface area contributed by atoms with Crippen molar-refractivity contribution in [3.05, 3.63) is 47.5 Å². The van der Waals surface area contributed by atoms with E-state index in [1.54, 1.807) is 25.1 Å². The van der Waals surface area contributed by atoms with Crippen LogP contribution in [-0.4, -0.2) is 34.8 Å². The molecule has 124 valence electrons. The molecule has 0 aliphatic carbocycles. The zero-order valence-electron chi connectivity index (χ0n) is 12.9. The smallest absolute Gasteiger partial charge is 0.255 e. The molecule has 3 rings (SSSR count). The maximum absolute atomic E-state index is 13.9. The van der Waals surface area contributed by atoms with Crippen LogP contribution < -0.4 is 10.6 Å². The van der Waals surface area contributed by atoms with Gasteiger partial charge in [-0.05, 0) is 38.4 Å². The summed E-state index contributed by atoms with van der Waals surface area (Å²) in [5.41, 5.74) is 1.46. The zero-order chi connectivity index (χ0) is 15.5. The number of hydrogen-bond donors (Lipinski definition) is 2. The number of piperidine rings is 1. The Morgan fingerprint density at radius 2 is 2.22 bits per heavy atom. The van der Waals surface area contributed by atoms with Gasteiger partial charge in [0.2, 0.25) is 0 Å².